The van der Waals surface area contributed by atoms with Crippen LogP contribution in [0.5, 0.6) is 0 Å². The summed E-state index contributed by atoms with van der Waals surface area (Å²) in [6.45, 7) is 1.85. The van der Waals surface area contributed by atoms with Crippen LogP contribution < -0.4 is 4.90 Å². The molecule has 4 nitrogen and oxygen atoms in total. The first kappa shape index (κ1) is 15.5. The number of likely N-dealkylation sites (N-methyl/N-ethyl adjacent to an activating group) is 1. The largest absolute Gasteiger partial charge is 0.454 e. The van der Waals surface area contributed by atoms with E-state index in [0.29, 0.717) is 5.56 Å². The van der Waals surface area contributed by atoms with Gasteiger partial charge in [-0.3, -0.25) is 0 Å². The summed E-state index contributed by atoms with van der Waals surface area (Å²) in [5.74, 6) is -0.487. The van der Waals surface area contributed by atoms with Gasteiger partial charge in [-0.15, -0.1) is 0 Å². The van der Waals surface area contributed by atoms with Gasteiger partial charge in [-0.2, -0.15) is 0 Å². The van der Waals surface area contributed by atoms with Crippen molar-refractivity contribution in [2.24, 2.45) is 5.92 Å². The Balaban J connectivity index is 1.83. The highest BCUT2D eigenvalue weighted by Crippen LogP contribution is 2.41. The number of carbonyl (C=O) groups is 1. The lowest BCUT2D eigenvalue weighted by atomic mass is 9.80. The quantitative estimate of drug-likeness (QED) is 0.813. The molecular formula is C18H26NO3+. The standard InChI is InChI=1S/C18H25NO3/c1-19-12-11-16(13-19)22-17(20)18(21,15-9-5-6-10-15)14-7-3-2-4-8-14/h2-4,7-8,15-16,21H,5-6,9-13H2,1H3/p+1/t16-,18+/m1/s1. The second kappa shape index (κ2) is 6.39. The summed E-state index contributed by atoms with van der Waals surface area (Å²) in [7, 11) is 2.11. The lowest BCUT2D eigenvalue weighted by Gasteiger charge is -2.33. The smallest absolute Gasteiger partial charge is 0.343 e. The number of nitrogens with one attached hydrogen (secondary N) is 1. The molecule has 1 heterocycles. The molecule has 1 aromatic rings. The number of ether oxygens (including phenoxy) is 1. The van der Waals surface area contributed by atoms with Crippen LogP contribution in [0.15, 0.2) is 30.3 Å². The van der Waals surface area contributed by atoms with E-state index in [4.69, 9.17) is 4.74 Å². The Morgan fingerprint density at radius 1 is 1.23 bits per heavy atom. The number of rotatable bonds is 4. The summed E-state index contributed by atoms with van der Waals surface area (Å²) >= 11 is 0. The Morgan fingerprint density at radius 2 is 1.91 bits per heavy atom. The van der Waals surface area contributed by atoms with E-state index in [2.05, 4.69) is 7.05 Å². The van der Waals surface area contributed by atoms with Gasteiger partial charge in [-0.05, 0) is 18.4 Å². The second-order valence-electron chi connectivity index (χ2n) is 6.84. The van der Waals surface area contributed by atoms with Crippen LogP contribution in [0.3, 0.4) is 0 Å². The summed E-state index contributed by atoms with van der Waals surface area (Å²) in [5.41, 5.74) is -0.820. The molecule has 0 amide bonds. The molecule has 22 heavy (non-hydrogen) atoms. The Morgan fingerprint density at radius 3 is 2.50 bits per heavy atom. The zero-order valence-corrected chi connectivity index (χ0v) is 13.3. The summed E-state index contributed by atoms with van der Waals surface area (Å²) in [6.07, 6.45) is 4.73. The van der Waals surface area contributed by atoms with Crippen LogP contribution in [0.25, 0.3) is 0 Å². The molecule has 0 aromatic heterocycles. The third kappa shape index (κ3) is 2.90. The van der Waals surface area contributed by atoms with E-state index in [1.54, 1.807) is 0 Å². The molecule has 1 aliphatic carbocycles. The molecule has 1 aromatic carbocycles. The van der Waals surface area contributed by atoms with Gasteiger partial charge in [0, 0.05) is 12.3 Å². The van der Waals surface area contributed by atoms with Crippen molar-refractivity contribution < 1.29 is 19.5 Å². The van der Waals surface area contributed by atoms with Gasteiger partial charge in [0.25, 0.3) is 0 Å². The molecule has 0 spiro atoms. The highest BCUT2D eigenvalue weighted by atomic mass is 16.6. The number of likely N-dealkylation sites (tertiary alicyclic amines) is 1. The van der Waals surface area contributed by atoms with Crippen molar-refractivity contribution in [1.82, 2.24) is 0 Å². The number of hydrogen-bond acceptors (Lipinski definition) is 3. The second-order valence-corrected chi connectivity index (χ2v) is 6.84. The van der Waals surface area contributed by atoms with Crippen molar-refractivity contribution in [3.8, 4) is 0 Å². The third-order valence-corrected chi connectivity index (χ3v) is 5.21. The molecule has 3 rings (SSSR count). The molecule has 1 saturated heterocycles. The van der Waals surface area contributed by atoms with Crippen LogP contribution in [0.2, 0.25) is 0 Å². The molecule has 2 aliphatic rings. The van der Waals surface area contributed by atoms with E-state index in [-0.39, 0.29) is 12.0 Å². The number of aliphatic hydroxyl groups is 1. The summed E-state index contributed by atoms with van der Waals surface area (Å²) in [5, 5.41) is 11.3. The average Bonchev–Trinajstić information content (AvgIpc) is 3.19. The summed E-state index contributed by atoms with van der Waals surface area (Å²) in [6, 6.07) is 9.32. The normalized spacial score (nSPS) is 28.5. The predicted molar refractivity (Wildman–Crippen MR) is 83.4 cm³/mol. The van der Waals surface area contributed by atoms with E-state index in [1.807, 2.05) is 30.3 Å². The molecule has 3 atom stereocenters. The summed E-state index contributed by atoms with van der Waals surface area (Å²) in [4.78, 5) is 14.2. The van der Waals surface area contributed by atoms with Crippen LogP contribution in [-0.4, -0.2) is 37.3 Å². The number of benzene rings is 1. The maximum absolute atomic E-state index is 12.8. The maximum atomic E-state index is 12.8. The van der Waals surface area contributed by atoms with Crippen molar-refractivity contribution in [2.75, 3.05) is 20.1 Å². The van der Waals surface area contributed by atoms with Crippen molar-refractivity contribution in [3.05, 3.63) is 35.9 Å². The summed E-state index contributed by atoms with van der Waals surface area (Å²) < 4.78 is 5.70. The van der Waals surface area contributed by atoms with Gasteiger partial charge in [0.05, 0.1) is 13.6 Å². The van der Waals surface area contributed by atoms with Crippen LogP contribution in [0.1, 0.15) is 37.7 Å². The first-order valence-corrected chi connectivity index (χ1v) is 8.41. The lowest BCUT2D eigenvalue weighted by molar-refractivity contribution is -0.867. The Labute approximate surface area is 132 Å². The molecule has 2 N–H and O–H groups in total. The van der Waals surface area contributed by atoms with Crippen LogP contribution in [0, 0.1) is 5.92 Å². The molecule has 120 valence electrons. The zero-order valence-electron chi connectivity index (χ0n) is 13.3. The predicted octanol–water partition coefficient (Wildman–Crippen LogP) is 0.895. The molecule has 1 saturated carbocycles. The molecule has 4 heteroatoms. The monoisotopic (exact) mass is 304 g/mol. The number of carbonyl (C=O) groups excluding carboxylic acids is 1. The molecule has 2 fully saturated rings. The number of esters is 1. The van der Waals surface area contributed by atoms with Gasteiger partial charge in [0.2, 0.25) is 0 Å². The minimum absolute atomic E-state index is 0.0334. The highest BCUT2D eigenvalue weighted by molar-refractivity contribution is 5.81. The highest BCUT2D eigenvalue weighted by Gasteiger charge is 2.48. The van der Waals surface area contributed by atoms with Gasteiger partial charge in [0.15, 0.2) is 11.7 Å². The fraction of sp³-hybridized carbons (Fsp3) is 0.611. The molecule has 0 bridgehead atoms. The number of hydrogen-bond donors (Lipinski definition) is 2. The van der Waals surface area contributed by atoms with E-state index in [9.17, 15) is 9.90 Å². The maximum Gasteiger partial charge on any atom is 0.343 e. The van der Waals surface area contributed by atoms with Gasteiger partial charge in [0.1, 0.15) is 6.54 Å². The van der Waals surface area contributed by atoms with Crippen LogP contribution >= 0.6 is 0 Å². The topological polar surface area (TPSA) is 51.0 Å². The molecular weight excluding hydrogens is 278 g/mol. The van der Waals surface area contributed by atoms with E-state index >= 15 is 0 Å². The van der Waals surface area contributed by atoms with E-state index < -0.39 is 11.6 Å². The van der Waals surface area contributed by atoms with Crippen molar-refractivity contribution in [2.45, 2.75) is 43.8 Å². The fourth-order valence-corrected chi connectivity index (χ4v) is 3.90. The Hall–Kier alpha value is -1.39. The fourth-order valence-electron chi connectivity index (χ4n) is 3.90. The minimum atomic E-state index is -1.49. The van der Waals surface area contributed by atoms with Gasteiger partial charge >= 0.3 is 5.97 Å². The third-order valence-electron chi connectivity index (χ3n) is 5.21. The van der Waals surface area contributed by atoms with Crippen LogP contribution in [-0.2, 0) is 15.1 Å². The molecule has 1 unspecified atom stereocenters. The van der Waals surface area contributed by atoms with Crippen molar-refractivity contribution in [1.29, 1.82) is 0 Å². The van der Waals surface area contributed by atoms with Gasteiger partial charge < -0.3 is 14.7 Å². The first-order chi connectivity index (χ1) is 10.6. The number of quaternary nitrogens is 1. The molecule has 0 radical (unpaired) electrons. The van der Waals surface area contributed by atoms with Crippen LogP contribution in [0.4, 0.5) is 0 Å². The van der Waals surface area contributed by atoms with Crippen molar-refractivity contribution in [3.63, 3.8) is 0 Å². The van der Waals surface area contributed by atoms with Crippen molar-refractivity contribution >= 4 is 5.97 Å². The van der Waals surface area contributed by atoms with Gasteiger partial charge in [-0.1, -0.05) is 43.2 Å². The first-order valence-electron chi connectivity index (χ1n) is 8.41. The van der Waals surface area contributed by atoms with E-state index in [0.717, 1.165) is 45.2 Å². The van der Waals surface area contributed by atoms with E-state index in [1.165, 1.54) is 4.90 Å². The Kier molecular flexibility index (Phi) is 4.50. The van der Waals surface area contributed by atoms with Gasteiger partial charge in [-0.25, -0.2) is 4.79 Å². The molecule has 1 aliphatic heterocycles. The average molecular weight is 304 g/mol. The minimum Gasteiger partial charge on any atom is -0.454 e. The Bertz CT molecular complexity index is 512. The lowest BCUT2D eigenvalue weighted by Crippen LogP contribution is -3.07. The SMILES string of the molecule is C[NH+]1CC[C@@H](OC(=O)[C@](O)(c2ccccc2)C2CCCC2)C1. The zero-order chi connectivity index (χ0) is 15.6.